The van der Waals surface area contributed by atoms with Crippen molar-refractivity contribution in [3.8, 4) is 0 Å². The molecule has 0 unspecified atom stereocenters. The van der Waals surface area contributed by atoms with Gasteiger partial charge in [0.05, 0.1) is 0 Å². The van der Waals surface area contributed by atoms with E-state index in [4.69, 9.17) is 22.7 Å². The van der Waals surface area contributed by atoms with Gasteiger partial charge >= 0.3 is 10.4 Å². The zero-order valence-electron chi connectivity index (χ0n) is 7.18. The van der Waals surface area contributed by atoms with Crippen LogP contribution in [0.2, 0.25) is 0 Å². The Morgan fingerprint density at radius 2 is 1.46 bits per heavy atom. The van der Waals surface area contributed by atoms with E-state index in [2.05, 4.69) is 5.48 Å². The lowest BCUT2D eigenvalue weighted by molar-refractivity contribution is 0.107. The molecule has 1 saturated carbocycles. The van der Waals surface area contributed by atoms with Gasteiger partial charge in [0, 0.05) is 6.04 Å². The molecule has 0 amide bonds. The summed E-state index contributed by atoms with van der Waals surface area (Å²) in [4.78, 5) is 0. The molecule has 0 aromatic carbocycles. The molecule has 0 aromatic rings. The minimum absolute atomic E-state index is 0.392. The van der Waals surface area contributed by atoms with Gasteiger partial charge in [0.15, 0.2) is 0 Å². The van der Waals surface area contributed by atoms with Crippen LogP contribution in [0.25, 0.3) is 0 Å². The van der Waals surface area contributed by atoms with Gasteiger partial charge in [-0.05, 0) is 12.8 Å². The Kier molecular flexibility index (Phi) is 6.17. The number of hydrogen-bond acceptors (Lipinski definition) is 4. The molecule has 0 spiro atoms. The van der Waals surface area contributed by atoms with Gasteiger partial charge in [-0.25, -0.2) is 5.48 Å². The normalized spacial score (nSPS) is 19.0. The summed E-state index contributed by atoms with van der Waals surface area (Å²) in [7, 11) is -4.67. The van der Waals surface area contributed by atoms with Gasteiger partial charge in [0.25, 0.3) is 0 Å². The van der Waals surface area contributed by atoms with Crippen LogP contribution >= 0.6 is 0 Å². The van der Waals surface area contributed by atoms with E-state index < -0.39 is 10.4 Å². The molecule has 0 heterocycles. The van der Waals surface area contributed by atoms with E-state index in [9.17, 15) is 0 Å². The fourth-order valence-corrected chi connectivity index (χ4v) is 1.23. The minimum atomic E-state index is -4.67. The number of hydroxylamine groups is 1. The molecule has 1 rings (SSSR count). The van der Waals surface area contributed by atoms with E-state index in [1.54, 1.807) is 0 Å². The van der Waals surface area contributed by atoms with Gasteiger partial charge in [0.2, 0.25) is 0 Å². The van der Waals surface area contributed by atoms with Crippen molar-refractivity contribution in [1.29, 1.82) is 0 Å². The summed E-state index contributed by atoms with van der Waals surface area (Å²) in [6.07, 6.45) is 6.20. The Morgan fingerprint density at radius 3 is 1.69 bits per heavy atom. The Morgan fingerprint density at radius 1 is 1.08 bits per heavy atom. The first-order valence-corrected chi connectivity index (χ1v) is 5.42. The van der Waals surface area contributed by atoms with Crippen molar-refractivity contribution >= 4 is 10.4 Å². The topological polar surface area (TPSA) is 107 Å². The molecular weight excluding hydrogens is 198 g/mol. The van der Waals surface area contributed by atoms with E-state index in [1.807, 2.05) is 0 Å². The standard InChI is InChI=1S/C6H13NO.H2O4S/c8-7-6-4-2-1-3-5-6;1-5(2,3)4/h6-8H,1-5H2;(H2,1,2,3,4). The molecule has 4 N–H and O–H groups in total. The average Bonchev–Trinajstić information content (AvgIpc) is 2.03. The molecule has 1 aliphatic rings. The smallest absolute Gasteiger partial charge is 0.317 e. The summed E-state index contributed by atoms with van der Waals surface area (Å²) < 4.78 is 31.6. The fraction of sp³-hybridized carbons (Fsp3) is 1.00. The van der Waals surface area contributed by atoms with Crippen LogP contribution in [0.1, 0.15) is 32.1 Å². The molecule has 7 heteroatoms. The highest BCUT2D eigenvalue weighted by Crippen LogP contribution is 2.16. The lowest BCUT2D eigenvalue weighted by atomic mass is 9.96. The van der Waals surface area contributed by atoms with E-state index in [0.29, 0.717) is 6.04 Å². The SMILES string of the molecule is O=S(=O)(O)O.ONC1CCCCC1. The van der Waals surface area contributed by atoms with Crippen molar-refractivity contribution in [2.45, 2.75) is 38.1 Å². The van der Waals surface area contributed by atoms with Gasteiger partial charge in [0.1, 0.15) is 0 Å². The molecule has 6 nitrogen and oxygen atoms in total. The third kappa shape index (κ3) is 11.8. The van der Waals surface area contributed by atoms with Crippen molar-refractivity contribution < 1.29 is 22.7 Å². The van der Waals surface area contributed by atoms with E-state index in [1.165, 1.54) is 19.3 Å². The number of rotatable bonds is 1. The molecule has 0 aromatic heterocycles. The molecule has 1 aliphatic carbocycles. The van der Waals surface area contributed by atoms with Crippen LogP contribution in [0.3, 0.4) is 0 Å². The van der Waals surface area contributed by atoms with Gasteiger partial charge in [-0.1, -0.05) is 19.3 Å². The van der Waals surface area contributed by atoms with Gasteiger partial charge in [-0.3, -0.25) is 9.11 Å². The van der Waals surface area contributed by atoms with E-state index >= 15 is 0 Å². The van der Waals surface area contributed by atoms with Crippen LogP contribution < -0.4 is 5.48 Å². The zero-order chi connectivity index (χ0) is 10.3. The van der Waals surface area contributed by atoms with Crippen LogP contribution in [0.4, 0.5) is 0 Å². The third-order valence-electron chi connectivity index (χ3n) is 1.79. The quantitative estimate of drug-likeness (QED) is 0.376. The Labute approximate surface area is 77.5 Å². The summed E-state index contributed by atoms with van der Waals surface area (Å²) >= 11 is 0. The third-order valence-corrected chi connectivity index (χ3v) is 1.79. The summed E-state index contributed by atoms with van der Waals surface area (Å²) in [6.45, 7) is 0. The molecule has 0 saturated heterocycles. The molecule has 0 aliphatic heterocycles. The summed E-state index contributed by atoms with van der Waals surface area (Å²) in [6, 6.07) is 0.392. The van der Waals surface area contributed by atoms with Gasteiger partial charge in [-0.15, -0.1) is 0 Å². The van der Waals surface area contributed by atoms with Gasteiger partial charge in [-0.2, -0.15) is 8.42 Å². The number of hydrogen-bond donors (Lipinski definition) is 4. The largest absolute Gasteiger partial charge is 0.394 e. The van der Waals surface area contributed by atoms with Crippen LogP contribution in [-0.4, -0.2) is 28.8 Å². The highest BCUT2D eigenvalue weighted by molar-refractivity contribution is 7.79. The number of nitrogens with one attached hydrogen (secondary N) is 1. The second kappa shape index (κ2) is 6.28. The van der Waals surface area contributed by atoms with Crippen LogP contribution in [0.5, 0.6) is 0 Å². The van der Waals surface area contributed by atoms with E-state index in [-0.39, 0.29) is 0 Å². The van der Waals surface area contributed by atoms with Crippen LogP contribution in [0, 0.1) is 0 Å². The molecule has 1 fully saturated rings. The molecular formula is C6H15NO5S. The Bertz CT molecular complexity index is 201. The maximum absolute atomic E-state index is 8.74. The molecule has 13 heavy (non-hydrogen) atoms. The highest BCUT2D eigenvalue weighted by Gasteiger charge is 2.10. The lowest BCUT2D eigenvalue weighted by Crippen LogP contribution is -2.27. The molecule has 0 radical (unpaired) electrons. The first-order chi connectivity index (χ1) is 5.93. The monoisotopic (exact) mass is 213 g/mol. The van der Waals surface area contributed by atoms with Crippen LogP contribution in [0.15, 0.2) is 0 Å². The fourth-order valence-electron chi connectivity index (χ4n) is 1.23. The van der Waals surface area contributed by atoms with Gasteiger partial charge < -0.3 is 5.21 Å². The summed E-state index contributed by atoms with van der Waals surface area (Å²) in [5, 5.41) is 8.44. The zero-order valence-corrected chi connectivity index (χ0v) is 8.00. The first-order valence-electron chi connectivity index (χ1n) is 4.03. The maximum Gasteiger partial charge on any atom is 0.394 e. The molecule has 0 bridgehead atoms. The molecule has 80 valence electrons. The lowest BCUT2D eigenvalue weighted by Gasteiger charge is -2.18. The second-order valence-corrected chi connectivity index (χ2v) is 3.81. The van der Waals surface area contributed by atoms with Crippen molar-refractivity contribution in [1.82, 2.24) is 5.48 Å². The highest BCUT2D eigenvalue weighted by atomic mass is 32.3. The Hall–Kier alpha value is -0.210. The van der Waals surface area contributed by atoms with Crippen molar-refractivity contribution in [3.63, 3.8) is 0 Å². The molecule has 0 atom stereocenters. The van der Waals surface area contributed by atoms with Crippen molar-refractivity contribution in [2.24, 2.45) is 0 Å². The first kappa shape index (κ1) is 12.8. The second-order valence-electron chi connectivity index (χ2n) is 2.91. The average molecular weight is 213 g/mol. The van der Waals surface area contributed by atoms with Crippen molar-refractivity contribution in [3.05, 3.63) is 0 Å². The van der Waals surface area contributed by atoms with E-state index in [0.717, 1.165) is 12.8 Å². The summed E-state index contributed by atoms with van der Waals surface area (Å²) in [5.74, 6) is 0. The predicted molar refractivity (Wildman–Crippen MR) is 46.0 cm³/mol. The van der Waals surface area contributed by atoms with Crippen molar-refractivity contribution in [2.75, 3.05) is 0 Å². The predicted octanol–water partition coefficient (Wildman–Crippen LogP) is 0.645. The summed E-state index contributed by atoms with van der Waals surface area (Å²) in [5.41, 5.74) is 2.30. The Balaban J connectivity index is 0.000000252. The minimum Gasteiger partial charge on any atom is -0.317 e. The van der Waals surface area contributed by atoms with Crippen LogP contribution in [-0.2, 0) is 10.4 Å². The maximum atomic E-state index is 8.74.